The number of hydrogen-bond donors (Lipinski definition) is 0. The van der Waals surface area contributed by atoms with E-state index in [0.717, 1.165) is 21.6 Å². The van der Waals surface area contributed by atoms with E-state index in [9.17, 15) is 13.2 Å². The fraction of sp³-hybridized carbons (Fsp3) is 0.300. The van der Waals surface area contributed by atoms with E-state index in [0.29, 0.717) is 35.1 Å². The van der Waals surface area contributed by atoms with E-state index in [-0.39, 0.29) is 16.7 Å². The van der Waals surface area contributed by atoms with Crippen LogP contribution in [0.4, 0.5) is 0 Å². The normalized spacial score (nSPS) is 18.5. The first-order valence-corrected chi connectivity index (χ1v) is 12.7. The fourth-order valence-electron chi connectivity index (χ4n) is 3.46. The number of benzene rings is 1. The maximum absolute atomic E-state index is 12.9. The number of thiazole rings is 1. The molecule has 1 saturated heterocycles. The summed E-state index contributed by atoms with van der Waals surface area (Å²) in [6.45, 7) is 0.794. The van der Waals surface area contributed by atoms with E-state index < -0.39 is 15.9 Å². The number of terminal acetylenes is 1. The molecular weight excluding hydrogens is 462 g/mol. The number of amides is 1. The van der Waals surface area contributed by atoms with Crippen LogP contribution in [0.3, 0.4) is 0 Å². The third-order valence-electron chi connectivity index (χ3n) is 4.92. The Morgan fingerprint density at radius 1 is 1.27 bits per heavy atom. The Labute approximate surface area is 187 Å². The summed E-state index contributed by atoms with van der Waals surface area (Å²) in [7, 11) is -3.67. The number of halogens is 1. The summed E-state index contributed by atoms with van der Waals surface area (Å²) < 4.78 is 30.6. The molecule has 10 heteroatoms. The summed E-state index contributed by atoms with van der Waals surface area (Å²) in [5.41, 5.74) is 0.925. The minimum atomic E-state index is -3.67. The van der Waals surface area contributed by atoms with Gasteiger partial charge < -0.3 is 4.57 Å². The molecule has 1 atom stereocenters. The molecule has 156 valence electrons. The van der Waals surface area contributed by atoms with Gasteiger partial charge in [0.05, 0.1) is 27.0 Å². The Kier molecular flexibility index (Phi) is 6.14. The lowest BCUT2D eigenvalue weighted by molar-refractivity contribution is -0.122. The summed E-state index contributed by atoms with van der Waals surface area (Å²) in [6, 6.07) is 10.8. The van der Waals surface area contributed by atoms with Crippen LogP contribution in [0.25, 0.3) is 10.2 Å². The number of carbonyl (C=O) groups excluding carboxylic acids is 1. The van der Waals surface area contributed by atoms with Crippen molar-refractivity contribution in [2.45, 2.75) is 23.6 Å². The number of rotatable bonds is 4. The zero-order chi connectivity index (χ0) is 21.3. The molecule has 2 aromatic heterocycles. The molecule has 6 nitrogen and oxygen atoms in total. The van der Waals surface area contributed by atoms with Gasteiger partial charge in [0.1, 0.15) is 4.21 Å². The minimum Gasteiger partial charge on any atom is -0.305 e. The van der Waals surface area contributed by atoms with Gasteiger partial charge in [0.25, 0.3) is 15.9 Å². The summed E-state index contributed by atoms with van der Waals surface area (Å²) in [5.74, 6) is 1.79. The number of para-hydroxylation sites is 1. The van der Waals surface area contributed by atoms with Crippen molar-refractivity contribution >= 4 is 60.4 Å². The van der Waals surface area contributed by atoms with Crippen molar-refractivity contribution in [1.82, 2.24) is 8.87 Å². The van der Waals surface area contributed by atoms with E-state index in [1.807, 2.05) is 28.8 Å². The summed E-state index contributed by atoms with van der Waals surface area (Å²) in [6.07, 6.45) is 6.70. The molecule has 0 N–H and O–H groups in total. The van der Waals surface area contributed by atoms with Crippen LogP contribution in [0.2, 0.25) is 4.34 Å². The lowest BCUT2D eigenvalue weighted by Gasteiger charge is -2.29. The predicted molar refractivity (Wildman–Crippen MR) is 120 cm³/mol. The van der Waals surface area contributed by atoms with Crippen LogP contribution in [0.1, 0.15) is 12.8 Å². The standard InChI is InChI=1S/C20H18ClN3O3S3/c1-2-11-24-15-7-3-4-8-16(15)28-20(24)22-19(25)14-6-5-12-23(13-14)30(26,27)18-10-9-17(21)29-18/h1,3-4,7-10,14H,5-6,11-13H2. The number of sulfonamides is 1. The largest absolute Gasteiger partial charge is 0.305 e. The van der Waals surface area contributed by atoms with E-state index in [4.69, 9.17) is 18.0 Å². The van der Waals surface area contributed by atoms with Crippen LogP contribution in [0, 0.1) is 18.3 Å². The first kappa shape index (κ1) is 21.3. The third-order valence-corrected chi connectivity index (χ3v) is 9.54. The van der Waals surface area contributed by atoms with Gasteiger partial charge in [-0.1, -0.05) is 41.0 Å². The quantitative estimate of drug-likeness (QED) is 0.537. The Morgan fingerprint density at radius 2 is 2.07 bits per heavy atom. The molecular formula is C20H18ClN3O3S3. The van der Waals surface area contributed by atoms with E-state index in [2.05, 4.69) is 10.9 Å². The summed E-state index contributed by atoms with van der Waals surface area (Å²) >= 11 is 8.31. The Hall–Kier alpha value is -1.96. The van der Waals surface area contributed by atoms with Gasteiger partial charge in [0, 0.05) is 13.1 Å². The van der Waals surface area contributed by atoms with Crippen molar-refractivity contribution in [3.8, 4) is 12.3 Å². The maximum Gasteiger partial charge on any atom is 0.252 e. The molecule has 1 aliphatic heterocycles. The van der Waals surface area contributed by atoms with Gasteiger partial charge in [-0.05, 0) is 37.1 Å². The highest BCUT2D eigenvalue weighted by molar-refractivity contribution is 7.91. The van der Waals surface area contributed by atoms with Crippen LogP contribution in [0.5, 0.6) is 0 Å². The molecule has 0 bridgehead atoms. The van der Waals surface area contributed by atoms with E-state index in [1.54, 1.807) is 6.07 Å². The van der Waals surface area contributed by atoms with Gasteiger partial charge >= 0.3 is 0 Å². The number of carbonyl (C=O) groups is 1. The number of aromatic nitrogens is 1. The second-order valence-electron chi connectivity index (χ2n) is 6.85. The molecule has 1 unspecified atom stereocenters. The summed E-state index contributed by atoms with van der Waals surface area (Å²) in [4.78, 5) is 17.8. The molecule has 1 amide bonds. The van der Waals surface area contributed by atoms with Crippen LogP contribution in [-0.4, -0.2) is 36.3 Å². The average Bonchev–Trinajstić information content (AvgIpc) is 3.33. The minimum absolute atomic E-state index is 0.111. The van der Waals surface area contributed by atoms with Crippen molar-refractivity contribution < 1.29 is 13.2 Å². The van der Waals surface area contributed by atoms with Crippen molar-refractivity contribution in [1.29, 1.82) is 0 Å². The van der Waals surface area contributed by atoms with Crippen molar-refractivity contribution in [2.24, 2.45) is 10.9 Å². The Bertz CT molecular complexity index is 1310. The maximum atomic E-state index is 12.9. The van der Waals surface area contributed by atoms with Gasteiger partial charge in [0.2, 0.25) is 0 Å². The SMILES string of the molecule is C#CCn1c(=NC(=O)C2CCCN(S(=O)(=O)c3ccc(Cl)s3)C2)sc2ccccc21. The van der Waals surface area contributed by atoms with E-state index in [1.165, 1.54) is 21.7 Å². The smallest absolute Gasteiger partial charge is 0.252 e. The van der Waals surface area contributed by atoms with Crippen LogP contribution < -0.4 is 4.80 Å². The highest BCUT2D eigenvalue weighted by Crippen LogP contribution is 2.31. The fourth-order valence-corrected chi connectivity index (χ4v) is 7.66. The highest BCUT2D eigenvalue weighted by Gasteiger charge is 2.34. The molecule has 1 aliphatic rings. The molecule has 1 fully saturated rings. The van der Waals surface area contributed by atoms with Gasteiger partial charge in [-0.3, -0.25) is 4.79 Å². The molecule has 0 spiro atoms. The first-order chi connectivity index (χ1) is 14.4. The molecule has 1 aromatic carbocycles. The zero-order valence-corrected chi connectivity index (χ0v) is 19.0. The molecule has 3 heterocycles. The average molecular weight is 480 g/mol. The van der Waals surface area contributed by atoms with Gasteiger partial charge in [-0.25, -0.2) is 8.42 Å². The van der Waals surface area contributed by atoms with Crippen molar-refractivity contribution in [3.05, 3.63) is 45.5 Å². The van der Waals surface area contributed by atoms with Crippen molar-refractivity contribution in [3.63, 3.8) is 0 Å². The first-order valence-electron chi connectivity index (χ1n) is 9.26. The number of fused-ring (bicyclic) bond motifs is 1. The Morgan fingerprint density at radius 3 is 2.80 bits per heavy atom. The van der Waals surface area contributed by atoms with Gasteiger partial charge in [-0.15, -0.1) is 17.8 Å². The van der Waals surface area contributed by atoms with Crippen LogP contribution >= 0.6 is 34.3 Å². The van der Waals surface area contributed by atoms with Gasteiger partial charge in [-0.2, -0.15) is 9.30 Å². The molecule has 0 radical (unpaired) electrons. The summed E-state index contributed by atoms with van der Waals surface area (Å²) in [5, 5.41) is 0. The van der Waals surface area contributed by atoms with Crippen molar-refractivity contribution in [2.75, 3.05) is 13.1 Å². The highest BCUT2D eigenvalue weighted by atomic mass is 35.5. The monoisotopic (exact) mass is 479 g/mol. The lowest BCUT2D eigenvalue weighted by Crippen LogP contribution is -2.42. The Balaban J connectivity index is 1.62. The second-order valence-corrected chi connectivity index (χ2v) is 11.7. The lowest BCUT2D eigenvalue weighted by atomic mass is 9.99. The third kappa shape index (κ3) is 4.11. The molecule has 4 rings (SSSR count). The van der Waals surface area contributed by atoms with Crippen LogP contribution in [0.15, 0.2) is 45.6 Å². The number of thiophene rings is 1. The second kappa shape index (κ2) is 8.65. The predicted octanol–water partition coefficient (Wildman–Crippen LogP) is 3.58. The zero-order valence-electron chi connectivity index (χ0n) is 15.8. The molecule has 0 saturated carbocycles. The van der Waals surface area contributed by atoms with Gasteiger partial charge in [0.15, 0.2) is 4.80 Å². The topological polar surface area (TPSA) is 71.7 Å². The molecule has 3 aromatic rings. The van der Waals surface area contributed by atoms with E-state index >= 15 is 0 Å². The van der Waals surface area contributed by atoms with Crippen LogP contribution in [-0.2, 0) is 21.4 Å². The molecule has 0 aliphatic carbocycles. The number of hydrogen-bond acceptors (Lipinski definition) is 5. The number of piperidine rings is 1. The molecule has 30 heavy (non-hydrogen) atoms. The number of nitrogens with zero attached hydrogens (tertiary/aromatic N) is 3.